The van der Waals surface area contributed by atoms with Crippen LogP contribution in [0.5, 0.6) is 5.75 Å². The molecule has 21 heavy (non-hydrogen) atoms. The molecular weight excluding hydrogens is 274 g/mol. The van der Waals surface area contributed by atoms with E-state index in [9.17, 15) is 9.59 Å². The number of benzene rings is 1. The van der Waals surface area contributed by atoms with E-state index in [1.807, 2.05) is 0 Å². The lowest BCUT2D eigenvalue weighted by atomic mass is 10.3. The van der Waals surface area contributed by atoms with Gasteiger partial charge in [-0.05, 0) is 24.3 Å². The first-order chi connectivity index (χ1) is 10.2. The summed E-state index contributed by atoms with van der Waals surface area (Å²) in [7, 11) is 1.51. The molecule has 0 unspecified atom stereocenters. The number of carbonyl (C=O) groups excluding carboxylic acids is 2. The molecule has 2 N–H and O–H groups in total. The second kappa shape index (κ2) is 6.90. The van der Waals surface area contributed by atoms with E-state index >= 15 is 0 Å². The maximum atomic E-state index is 11.6. The van der Waals surface area contributed by atoms with Crippen molar-refractivity contribution in [1.29, 1.82) is 0 Å². The molecule has 1 heterocycles. The van der Waals surface area contributed by atoms with Gasteiger partial charge in [0.1, 0.15) is 11.5 Å². The molecule has 7 nitrogen and oxygen atoms in total. The molecule has 2 amide bonds. The average molecular weight is 287 g/mol. The van der Waals surface area contributed by atoms with Gasteiger partial charge in [-0.25, -0.2) is 5.43 Å². The highest BCUT2D eigenvalue weighted by Crippen LogP contribution is 2.16. The Labute approximate surface area is 120 Å². The van der Waals surface area contributed by atoms with Crippen LogP contribution < -0.4 is 15.5 Å². The Morgan fingerprint density at radius 3 is 2.81 bits per heavy atom. The van der Waals surface area contributed by atoms with Crippen LogP contribution in [0.3, 0.4) is 0 Å². The first-order valence-electron chi connectivity index (χ1n) is 6.01. The Kier molecular flexibility index (Phi) is 4.70. The zero-order chi connectivity index (χ0) is 15.1. The van der Waals surface area contributed by atoms with E-state index in [4.69, 9.17) is 9.15 Å². The zero-order valence-corrected chi connectivity index (χ0v) is 11.2. The monoisotopic (exact) mass is 287 g/mol. The van der Waals surface area contributed by atoms with Crippen LogP contribution >= 0.6 is 0 Å². The predicted octanol–water partition coefficient (Wildman–Crippen LogP) is 1.38. The molecule has 0 aliphatic carbocycles. The number of ether oxygens (including phenoxy) is 1. The number of anilines is 1. The lowest BCUT2D eigenvalue weighted by Gasteiger charge is -2.05. The highest BCUT2D eigenvalue weighted by molar-refractivity contribution is 6.39. The number of methoxy groups -OCH3 is 1. The number of amides is 2. The minimum atomic E-state index is -0.888. The van der Waals surface area contributed by atoms with Crippen molar-refractivity contribution in [2.45, 2.75) is 0 Å². The van der Waals surface area contributed by atoms with Crippen molar-refractivity contribution in [3.63, 3.8) is 0 Å². The van der Waals surface area contributed by atoms with E-state index in [2.05, 4.69) is 15.8 Å². The summed E-state index contributed by atoms with van der Waals surface area (Å²) in [6.45, 7) is 0. The molecule has 0 bridgehead atoms. The predicted molar refractivity (Wildman–Crippen MR) is 76.1 cm³/mol. The molecule has 0 spiro atoms. The quantitative estimate of drug-likeness (QED) is 0.504. The fraction of sp³-hybridized carbons (Fsp3) is 0.0714. The number of nitrogens with one attached hydrogen (secondary N) is 2. The largest absolute Gasteiger partial charge is 0.497 e. The van der Waals surface area contributed by atoms with Gasteiger partial charge >= 0.3 is 11.8 Å². The Hall–Kier alpha value is -3.09. The first kappa shape index (κ1) is 14.3. The summed E-state index contributed by atoms with van der Waals surface area (Å²) in [6.07, 6.45) is 2.76. The number of hydrogen-bond acceptors (Lipinski definition) is 5. The number of hydrazone groups is 1. The van der Waals surface area contributed by atoms with Crippen molar-refractivity contribution < 1.29 is 18.7 Å². The highest BCUT2D eigenvalue weighted by Gasteiger charge is 2.13. The zero-order valence-electron chi connectivity index (χ0n) is 11.2. The van der Waals surface area contributed by atoms with Gasteiger partial charge in [-0.15, -0.1) is 0 Å². The molecule has 2 rings (SSSR count). The van der Waals surface area contributed by atoms with E-state index in [0.29, 0.717) is 17.2 Å². The molecule has 0 aliphatic rings. The summed E-state index contributed by atoms with van der Waals surface area (Å²) in [6, 6.07) is 9.99. The summed E-state index contributed by atoms with van der Waals surface area (Å²) in [5, 5.41) is 6.04. The highest BCUT2D eigenvalue weighted by atomic mass is 16.5. The van der Waals surface area contributed by atoms with Gasteiger partial charge in [-0.2, -0.15) is 5.10 Å². The van der Waals surface area contributed by atoms with E-state index in [0.717, 1.165) is 0 Å². The van der Waals surface area contributed by atoms with Crippen LogP contribution in [0.4, 0.5) is 5.69 Å². The van der Waals surface area contributed by atoms with Crippen molar-refractivity contribution in [3.05, 3.63) is 48.4 Å². The van der Waals surface area contributed by atoms with Crippen LogP contribution in [-0.4, -0.2) is 25.1 Å². The molecule has 0 fully saturated rings. The SMILES string of the molecule is COc1cccc(NC(=O)C(=O)N/N=C/c2ccco2)c1. The van der Waals surface area contributed by atoms with Gasteiger partial charge in [0, 0.05) is 11.8 Å². The van der Waals surface area contributed by atoms with Crippen LogP contribution in [0.25, 0.3) is 0 Å². The second-order valence-electron chi connectivity index (χ2n) is 3.90. The molecule has 1 aromatic heterocycles. The van der Waals surface area contributed by atoms with E-state index in [-0.39, 0.29) is 0 Å². The van der Waals surface area contributed by atoms with Gasteiger partial charge in [-0.3, -0.25) is 9.59 Å². The van der Waals surface area contributed by atoms with Gasteiger partial charge in [0.05, 0.1) is 19.6 Å². The van der Waals surface area contributed by atoms with Crippen molar-refractivity contribution in [3.8, 4) is 5.75 Å². The lowest BCUT2D eigenvalue weighted by Crippen LogP contribution is -2.32. The molecule has 2 aromatic rings. The number of carbonyl (C=O) groups is 2. The summed E-state index contributed by atoms with van der Waals surface area (Å²) < 4.78 is 10.00. The third kappa shape index (κ3) is 4.20. The maximum absolute atomic E-state index is 11.6. The van der Waals surface area contributed by atoms with Gasteiger partial charge in [-0.1, -0.05) is 6.07 Å². The average Bonchev–Trinajstić information content (AvgIpc) is 3.00. The molecule has 0 saturated carbocycles. The minimum Gasteiger partial charge on any atom is -0.497 e. The third-order valence-corrected chi connectivity index (χ3v) is 2.43. The summed E-state index contributed by atoms with van der Waals surface area (Å²) in [4.78, 5) is 23.2. The lowest BCUT2D eigenvalue weighted by molar-refractivity contribution is -0.136. The van der Waals surface area contributed by atoms with E-state index < -0.39 is 11.8 Å². The van der Waals surface area contributed by atoms with E-state index in [1.165, 1.54) is 19.6 Å². The number of rotatable bonds is 4. The van der Waals surface area contributed by atoms with Crippen LogP contribution in [0, 0.1) is 0 Å². The number of hydrogen-bond donors (Lipinski definition) is 2. The second-order valence-corrected chi connectivity index (χ2v) is 3.90. The van der Waals surface area contributed by atoms with Gasteiger partial charge in [0.15, 0.2) is 0 Å². The van der Waals surface area contributed by atoms with Crippen LogP contribution in [-0.2, 0) is 9.59 Å². The van der Waals surface area contributed by atoms with Crippen molar-refractivity contribution in [2.75, 3.05) is 12.4 Å². The fourth-order valence-corrected chi connectivity index (χ4v) is 1.46. The molecule has 1 aromatic carbocycles. The Bertz CT molecular complexity index is 650. The summed E-state index contributed by atoms with van der Waals surface area (Å²) in [5.74, 6) is -0.687. The molecule has 7 heteroatoms. The Morgan fingerprint density at radius 1 is 1.24 bits per heavy atom. The van der Waals surface area contributed by atoms with Crippen LogP contribution in [0.15, 0.2) is 52.2 Å². The number of nitrogens with zero attached hydrogens (tertiary/aromatic N) is 1. The van der Waals surface area contributed by atoms with Gasteiger partial charge < -0.3 is 14.5 Å². The first-order valence-corrected chi connectivity index (χ1v) is 6.01. The Balaban J connectivity index is 1.88. The number of furan rings is 1. The molecule has 0 aliphatic heterocycles. The fourth-order valence-electron chi connectivity index (χ4n) is 1.46. The molecule has 0 saturated heterocycles. The van der Waals surface area contributed by atoms with Crippen LogP contribution in [0.2, 0.25) is 0 Å². The standard InChI is InChI=1S/C14H13N3O4/c1-20-11-5-2-4-10(8-11)16-13(18)14(19)17-15-9-12-6-3-7-21-12/h2-9H,1H3,(H,16,18)(H,17,19)/b15-9+. The normalized spacial score (nSPS) is 10.3. The smallest absolute Gasteiger partial charge is 0.329 e. The Morgan fingerprint density at radius 2 is 2.10 bits per heavy atom. The van der Waals surface area contributed by atoms with Gasteiger partial charge in [0.2, 0.25) is 0 Å². The molecule has 0 radical (unpaired) electrons. The van der Waals surface area contributed by atoms with E-state index in [1.54, 1.807) is 36.4 Å². The van der Waals surface area contributed by atoms with Crippen molar-refractivity contribution in [2.24, 2.45) is 5.10 Å². The molecule has 0 atom stereocenters. The van der Waals surface area contributed by atoms with Crippen LogP contribution in [0.1, 0.15) is 5.76 Å². The molecular formula is C14H13N3O4. The topological polar surface area (TPSA) is 92.9 Å². The van der Waals surface area contributed by atoms with Crippen molar-refractivity contribution >= 4 is 23.7 Å². The summed E-state index contributed by atoms with van der Waals surface area (Å²) >= 11 is 0. The van der Waals surface area contributed by atoms with Crippen molar-refractivity contribution in [1.82, 2.24) is 5.43 Å². The minimum absolute atomic E-state index is 0.449. The summed E-state index contributed by atoms with van der Waals surface area (Å²) in [5.41, 5.74) is 2.55. The molecule has 108 valence electrons. The van der Waals surface area contributed by atoms with Gasteiger partial charge in [0.25, 0.3) is 0 Å². The maximum Gasteiger partial charge on any atom is 0.329 e. The third-order valence-electron chi connectivity index (χ3n) is 2.43.